The number of phenolic OH excluding ortho intramolecular Hbond substituents is 1. The van der Waals surface area contributed by atoms with Gasteiger partial charge in [0.05, 0.1) is 0 Å². The van der Waals surface area contributed by atoms with Gasteiger partial charge < -0.3 is 5.11 Å². The molecule has 2 rings (SSSR count). The van der Waals surface area contributed by atoms with Gasteiger partial charge in [0.25, 0.3) is 0 Å². The first-order valence-corrected chi connectivity index (χ1v) is 7.47. The third kappa shape index (κ3) is 2.96. The molecule has 0 aliphatic carbocycles. The minimum absolute atomic E-state index is 0.295. The molecule has 1 N–H and O–H groups in total. The van der Waals surface area contributed by atoms with Gasteiger partial charge in [0.15, 0.2) is 0 Å². The summed E-state index contributed by atoms with van der Waals surface area (Å²) in [5.74, 6) is 0.295. The molecule has 0 aliphatic rings. The summed E-state index contributed by atoms with van der Waals surface area (Å²) in [4.78, 5) is 0. The van der Waals surface area contributed by atoms with Crippen LogP contribution in [0.15, 0.2) is 45.3 Å². The maximum absolute atomic E-state index is 9.37. The zero-order valence-corrected chi connectivity index (χ0v) is 13.3. The Labute approximate surface area is 124 Å². The van der Waals surface area contributed by atoms with Crippen LogP contribution in [0.4, 0.5) is 0 Å². The lowest BCUT2D eigenvalue weighted by atomic mass is 9.97. The minimum Gasteiger partial charge on any atom is -0.508 e. The lowest BCUT2D eigenvalue weighted by Gasteiger charge is -2.12. The SMILES string of the molecule is CCCc1cc(Br)cc(Br)c1-c1ccc(O)cc1. The van der Waals surface area contributed by atoms with Crippen molar-refractivity contribution >= 4 is 31.9 Å². The van der Waals surface area contributed by atoms with Crippen molar-refractivity contribution in [1.29, 1.82) is 0 Å². The summed E-state index contributed by atoms with van der Waals surface area (Å²) < 4.78 is 2.16. The molecule has 0 spiro atoms. The van der Waals surface area contributed by atoms with Crippen LogP contribution in [0, 0.1) is 0 Å². The van der Waals surface area contributed by atoms with Crippen LogP contribution >= 0.6 is 31.9 Å². The minimum atomic E-state index is 0.295. The summed E-state index contributed by atoms with van der Waals surface area (Å²) in [6.07, 6.45) is 2.14. The second kappa shape index (κ2) is 5.89. The van der Waals surface area contributed by atoms with E-state index < -0.39 is 0 Å². The first-order valence-electron chi connectivity index (χ1n) is 5.89. The van der Waals surface area contributed by atoms with Crippen LogP contribution in [0.5, 0.6) is 5.75 Å². The molecular weight excluding hydrogens is 356 g/mol. The monoisotopic (exact) mass is 368 g/mol. The van der Waals surface area contributed by atoms with Gasteiger partial charge in [-0.25, -0.2) is 0 Å². The van der Waals surface area contributed by atoms with E-state index in [1.807, 2.05) is 12.1 Å². The van der Waals surface area contributed by atoms with Crippen molar-refractivity contribution in [3.05, 3.63) is 50.9 Å². The molecule has 0 atom stereocenters. The summed E-state index contributed by atoms with van der Waals surface area (Å²) in [6, 6.07) is 11.6. The van der Waals surface area contributed by atoms with Gasteiger partial charge in [0.2, 0.25) is 0 Å². The largest absolute Gasteiger partial charge is 0.508 e. The van der Waals surface area contributed by atoms with Gasteiger partial charge in [-0.05, 0) is 47.4 Å². The zero-order chi connectivity index (χ0) is 13.1. The molecule has 0 bridgehead atoms. The standard InChI is InChI=1S/C15H14Br2O/c1-2-3-11-8-12(16)9-14(17)15(11)10-4-6-13(18)7-5-10/h4-9,18H,2-3H2,1H3. The van der Waals surface area contributed by atoms with Crippen molar-refractivity contribution in [1.82, 2.24) is 0 Å². The van der Waals surface area contributed by atoms with Gasteiger partial charge in [-0.15, -0.1) is 0 Å². The first kappa shape index (κ1) is 13.6. The van der Waals surface area contributed by atoms with E-state index >= 15 is 0 Å². The highest BCUT2D eigenvalue weighted by Crippen LogP contribution is 2.35. The predicted molar refractivity (Wildman–Crippen MR) is 82.9 cm³/mol. The van der Waals surface area contributed by atoms with E-state index in [1.165, 1.54) is 11.1 Å². The zero-order valence-electron chi connectivity index (χ0n) is 10.1. The Morgan fingerprint density at radius 1 is 1.06 bits per heavy atom. The normalized spacial score (nSPS) is 10.6. The summed E-state index contributed by atoms with van der Waals surface area (Å²) >= 11 is 7.16. The number of aromatic hydroxyl groups is 1. The quantitative estimate of drug-likeness (QED) is 0.753. The summed E-state index contributed by atoms with van der Waals surface area (Å²) in [5.41, 5.74) is 3.64. The van der Waals surface area contributed by atoms with Crippen LogP contribution in [-0.4, -0.2) is 5.11 Å². The van der Waals surface area contributed by atoms with Crippen molar-refractivity contribution in [3.63, 3.8) is 0 Å². The molecule has 0 unspecified atom stereocenters. The molecule has 0 heterocycles. The molecule has 2 aromatic carbocycles. The summed E-state index contributed by atoms with van der Waals surface area (Å²) in [7, 11) is 0. The molecule has 0 amide bonds. The summed E-state index contributed by atoms with van der Waals surface area (Å²) in [6.45, 7) is 2.18. The molecule has 0 saturated heterocycles. The van der Waals surface area contributed by atoms with Crippen LogP contribution in [0.2, 0.25) is 0 Å². The van der Waals surface area contributed by atoms with E-state index in [2.05, 4.69) is 50.9 Å². The predicted octanol–water partition coefficient (Wildman–Crippen LogP) is 5.54. The highest BCUT2D eigenvalue weighted by atomic mass is 79.9. The second-order valence-corrected chi connectivity index (χ2v) is 5.99. The number of hydrogen-bond donors (Lipinski definition) is 1. The second-order valence-electron chi connectivity index (χ2n) is 4.22. The van der Waals surface area contributed by atoms with Crippen LogP contribution in [-0.2, 0) is 6.42 Å². The molecular formula is C15H14Br2O. The van der Waals surface area contributed by atoms with Crippen molar-refractivity contribution in [3.8, 4) is 16.9 Å². The Morgan fingerprint density at radius 3 is 2.33 bits per heavy atom. The van der Waals surface area contributed by atoms with Gasteiger partial charge in [-0.3, -0.25) is 0 Å². The molecule has 0 aliphatic heterocycles. The average Bonchev–Trinajstić information content (AvgIpc) is 2.31. The highest BCUT2D eigenvalue weighted by molar-refractivity contribution is 9.11. The van der Waals surface area contributed by atoms with E-state index in [1.54, 1.807) is 12.1 Å². The maximum Gasteiger partial charge on any atom is 0.115 e. The Bertz CT molecular complexity index is 547. The smallest absolute Gasteiger partial charge is 0.115 e. The van der Waals surface area contributed by atoms with Gasteiger partial charge in [-0.1, -0.05) is 57.3 Å². The topological polar surface area (TPSA) is 20.2 Å². The number of hydrogen-bond acceptors (Lipinski definition) is 1. The Balaban J connectivity index is 2.57. The molecule has 18 heavy (non-hydrogen) atoms. The lowest BCUT2D eigenvalue weighted by Crippen LogP contribution is -1.91. The van der Waals surface area contributed by atoms with Gasteiger partial charge in [0.1, 0.15) is 5.75 Å². The van der Waals surface area contributed by atoms with Crippen molar-refractivity contribution < 1.29 is 5.11 Å². The van der Waals surface area contributed by atoms with E-state index in [0.717, 1.165) is 27.4 Å². The van der Waals surface area contributed by atoms with Crippen molar-refractivity contribution in [2.45, 2.75) is 19.8 Å². The van der Waals surface area contributed by atoms with Gasteiger partial charge >= 0.3 is 0 Å². The Kier molecular flexibility index (Phi) is 4.46. The summed E-state index contributed by atoms with van der Waals surface area (Å²) in [5, 5.41) is 9.37. The third-order valence-corrected chi connectivity index (χ3v) is 3.90. The molecule has 1 nitrogen and oxygen atoms in total. The van der Waals surface area contributed by atoms with Crippen LogP contribution in [0.25, 0.3) is 11.1 Å². The number of phenols is 1. The molecule has 0 saturated carbocycles. The van der Waals surface area contributed by atoms with E-state index in [4.69, 9.17) is 0 Å². The van der Waals surface area contributed by atoms with E-state index in [-0.39, 0.29) is 0 Å². The van der Waals surface area contributed by atoms with Gasteiger partial charge in [-0.2, -0.15) is 0 Å². The molecule has 2 aromatic rings. The van der Waals surface area contributed by atoms with Crippen LogP contribution in [0.1, 0.15) is 18.9 Å². The maximum atomic E-state index is 9.37. The lowest BCUT2D eigenvalue weighted by molar-refractivity contribution is 0.475. The Hall–Kier alpha value is -0.800. The molecule has 0 radical (unpaired) electrons. The molecule has 0 fully saturated rings. The van der Waals surface area contributed by atoms with Crippen LogP contribution < -0.4 is 0 Å². The average molecular weight is 370 g/mol. The van der Waals surface area contributed by atoms with E-state index in [9.17, 15) is 5.11 Å². The number of halogens is 2. The first-order chi connectivity index (χ1) is 8.61. The van der Waals surface area contributed by atoms with Crippen molar-refractivity contribution in [2.24, 2.45) is 0 Å². The fraction of sp³-hybridized carbons (Fsp3) is 0.200. The number of rotatable bonds is 3. The number of benzene rings is 2. The van der Waals surface area contributed by atoms with E-state index in [0.29, 0.717) is 5.75 Å². The number of aryl methyl sites for hydroxylation is 1. The molecule has 94 valence electrons. The van der Waals surface area contributed by atoms with Crippen LogP contribution in [0.3, 0.4) is 0 Å². The Morgan fingerprint density at radius 2 is 1.72 bits per heavy atom. The fourth-order valence-corrected chi connectivity index (χ4v) is 3.59. The third-order valence-electron chi connectivity index (χ3n) is 2.81. The van der Waals surface area contributed by atoms with Gasteiger partial charge in [0, 0.05) is 8.95 Å². The van der Waals surface area contributed by atoms with Crippen molar-refractivity contribution in [2.75, 3.05) is 0 Å². The molecule has 0 aromatic heterocycles. The highest BCUT2D eigenvalue weighted by Gasteiger charge is 2.10. The molecule has 3 heteroatoms. The fourth-order valence-electron chi connectivity index (χ4n) is 2.04.